The SMILES string of the molecule is CC[C@H]1CN(C)c2ccccc2CN1C(=O)Nc1nnc(-c2ccccn2)s1. The summed E-state index contributed by atoms with van der Waals surface area (Å²) in [5.41, 5.74) is 3.06. The summed E-state index contributed by atoms with van der Waals surface area (Å²) in [6.45, 7) is 3.46. The molecule has 0 unspecified atom stereocenters. The van der Waals surface area contributed by atoms with E-state index in [1.54, 1.807) is 6.20 Å². The van der Waals surface area contributed by atoms with Crippen molar-refractivity contribution in [2.24, 2.45) is 0 Å². The van der Waals surface area contributed by atoms with Gasteiger partial charge in [-0.05, 0) is 30.2 Å². The van der Waals surface area contributed by atoms with Crippen LogP contribution in [-0.2, 0) is 6.54 Å². The van der Waals surface area contributed by atoms with Gasteiger partial charge in [0.25, 0.3) is 0 Å². The average Bonchev–Trinajstić information content (AvgIpc) is 3.13. The van der Waals surface area contributed by atoms with E-state index in [2.05, 4.69) is 51.5 Å². The molecule has 0 fully saturated rings. The van der Waals surface area contributed by atoms with Crippen molar-refractivity contribution in [2.75, 3.05) is 23.8 Å². The molecule has 28 heavy (non-hydrogen) atoms. The van der Waals surface area contributed by atoms with Crippen LogP contribution in [0.2, 0.25) is 0 Å². The molecule has 1 atom stereocenters. The Morgan fingerprint density at radius 2 is 2.04 bits per heavy atom. The lowest BCUT2D eigenvalue weighted by Crippen LogP contribution is -2.45. The normalized spacial score (nSPS) is 16.4. The number of hydrogen-bond acceptors (Lipinski definition) is 6. The number of carbonyl (C=O) groups is 1. The number of likely N-dealkylation sites (N-methyl/N-ethyl adjacent to an activating group) is 1. The summed E-state index contributed by atoms with van der Waals surface area (Å²) < 4.78 is 0. The van der Waals surface area contributed by atoms with Crippen LogP contribution in [0.15, 0.2) is 48.7 Å². The first-order valence-corrected chi connectivity index (χ1v) is 10.1. The Kier molecular flexibility index (Phi) is 5.21. The van der Waals surface area contributed by atoms with Gasteiger partial charge in [-0.15, -0.1) is 10.2 Å². The van der Waals surface area contributed by atoms with Crippen LogP contribution < -0.4 is 10.2 Å². The Balaban J connectivity index is 1.54. The molecule has 0 saturated heterocycles. The first-order chi connectivity index (χ1) is 13.7. The molecule has 8 heteroatoms. The van der Waals surface area contributed by atoms with Crippen molar-refractivity contribution in [3.05, 3.63) is 54.2 Å². The number of nitrogens with zero attached hydrogens (tertiary/aromatic N) is 5. The molecule has 0 spiro atoms. The minimum atomic E-state index is -0.152. The van der Waals surface area contributed by atoms with Crippen LogP contribution in [0.1, 0.15) is 18.9 Å². The number of nitrogens with one attached hydrogen (secondary N) is 1. The predicted molar refractivity (Wildman–Crippen MR) is 111 cm³/mol. The third-order valence-electron chi connectivity index (χ3n) is 4.92. The van der Waals surface area contributed by atoms with E-state index < -0.39 is 0 Å². The number of hydrogen-bond donors (Lipinski definition) is 1. The van der Waals surface area contributed by atoms with Gasteiger partial charge in [0.15, 0.2) is 5.01 Å². The largest absolute Gasteiger partial charge is 0.372 e. The number of aromatic nitrogens is 3. The second-order valence-corrected chi connectivity index (χ2v) is 7.73. The number of anilines is 2. The average molecular weight is 395 g/mol. The number of fused-ring (bicyclic) bond motifs is 1. The minimum absolute atomic E-state index is 0.112. The number of benzene rings is 1. The lowest BCUT2D eigenvalue weighted by atomic mass is 10.1. The van der Waals surface area contributed by atoms with E-state index in [0.29, 0.717) is 16.7 Å². The van der Waals surface area contributed by atoms with Gasteiger partial charge in [-0.25, -0.2) is 4.79 Å². The van der Waals surface area contributed by atoms with E-state index in [1.165, 1.54) is 17.0 Å². The smallest absolute Gasteiger partial charge is 0.324 e. The lowest BCUT2D eigenvalue weighted by Gasteiger charge is -2.30. The minimum Gasteiger partial charge on any atom is -0.372 e. The van der Waals surface area contributed by atoms with Gasteiger partial charge >= 0.3 is 6.03 Å². The Bertz CT molecular complexity index is 960. The second-order valence-electron chi connectivity index (χ2n) is 6.76. The third kappa shape index (κ3) is 3.68. The van der Waals surface area contributed by atoms with Crippen LogP contribution in [0.3, 0.4) is 0 Å². The first kappa shape index (κ1) is 18.4. The highest BCUT2D eigenvalue weighted by Gasteiger charge is 2.29. The maximum Gasteiger partial charge on any atom is 0.324 e. The van der Waals surface area contributed by atoms with Crippen molar-refractivity contribution in [1.29, 1.82) is 0 Å². The van der Waals surface area contributed by atoms with E-state index in [0.717, 1.165) is 24.2 Å². The lowest BCUT2D eigenvalue weighted by molar-refractivity contribution is 0.185. The van der Waals surface area contributed by atoms with Crippen molar-refractivity contribution < 1.29 is 4.79 Å². The zero-order valence-corrected chi connectivity index (χ0v) is 16.7. The zero-order valence-electron chi connectivity index (χ0n) is 15.9. The Labute approximate surface area is 168 Å². The quantitative estimate of drug-likeness (QED) is 0.730. The molecular formula is C20H22N6OS. The number of rotatable bonds is 3. The molecule has 1 aromatic carbocycles. The van der Waals surface area contributed by atoms with E-state index in [1.807, 2.05) is 35.2 Å². The molecule has 144 valence electrons. The van der Waals surface area contributed by atoms with Crippen molar-refractivity contribution in [2.45, 2.75) is 25.9 Å². The molecular weight excluding hydrogens is 372 g/mol. The van der Waals surface area contributed by atoms with Crippen LogP contribution in [0.5, 0.6) is 0 Å². The van der Waals surface area contributed by atoms with Gasteiger partial charge < -0.3 is 9.80 Å². The number of carbonyl (C=O) groups excluding carboxylic acids is 1. The molecule has 7 nitrogen and oxygen atoms in total. The topological polar surface area (TPSA) is 74.2 Å². The van der Waals surface area contributed by atoms with Crippen LogP contribution >= 0.6 is 11.3 Å². The van der Waals surface area contributed by atoms with Crippen molar-refractivity contribution >= 4 is 28.2 Å². The molecule has 3 aromatic rings. The molecule has 2 aromatic heterocycles. The molecule has 1 aliphatic rings. The van der Waals surface area contributed by atoms with Gasteiger partial charge in [0.2, 0.25) is 5.13 Å². The summed E-state index contributed by atoms with van der Waals surface area (Å²) in [5, 5.41) is 12.4. The van der Waals surface area contributed by atoms with Crippen molar-refractivity contribution in [3.63, 3.8) is 0 Å². The second kappa shape index (κ2) is 7.93. The number of amides is 2. The monoisotopic (exact) mass is 394 g/mol. The Morgan fingerprint density at radius 3 is 2.82 bits per heavy atom. The zero-order chi connectivity index (χ0) is 19.5. The summed E-state index contributed by atoms with van der Waals surface area (Å²) in [6.07, 6.45) is 2.59. The molecule has 3 heterocycles. The van der Waals surface area contributed by atoms with Gasteiger partial charge in [-0.3, -0.25) is 10.3 Å². The van der Waals surface area contributed by atoms with Crippen LogP contribution in [0.4, 0.5) is 15.6 Å². The fourth-order valence-corrected chi connectivity index (χ4v) is 4.17. The molecule has 0 saturated carbocycles. The van der Waals surface area contributed by atoms with Crippen molar-refractivity contribution in [3.8, 4) is 10.7 Å². The van der Waals surface area contributed by atoms with Crippen LogP contribution in [0.25, 0.3) is 10.7 Å². The number of urea groups is 1. The highest BCUT2D eigenvalue weighted by atomic mass is 32.1. The molecule has 1 aliphatic heterocycles. The summed E-state index contributed by atoms with van der Waals surface area (Å²) >= 11 is 1.32. The molecule has 1 N–H and O–H groups in total. The summed E-state index contributed by atoms with van der Waals surface area (Å²) in [7, 11) is 2.08. The van der Waals surface area contributed by atoms with E-state index in [9.17, 15) is 4.79 Å². The Hall–Kier alpha value is -3.00. The molecule has 4 rings (SSSR count). The van der Waals surface area contributed by atoms with E-state index in [4.69, 9.17) is 0 Å². The first-order valence-electron chi connectivity index (χ1n) is 9.27. The third-order valence-corrected chi connectivity index (χ3v) is 5.79. The summed E-state index contributed by atoms with van der Waals surface area (Å²) in [6, 6.07) is 13.8. The Morgan fingerprint density at radius 1 is 1.21 bits per heavy atom. The highest BCUT2D eigenvalue weighted by molar-refractivity contribution is 7.18. The fourth-order valence-electron chi connectivity index (χ4n) is 3.46. The van der Waals surface area contributed by atoms with Gasteiger partial charge in [0.05, 0.1) is 6.04 Å². The molecule has 0 aliphatic carbocycles. The highest BCUT2D eigenvalue weighted by Crippen LogP contribution is 2.29. The molecule has 0 radical (unpaired) electrons. The number of pyridine rings is 1. The van der Waals surface area contributed by atoms with Gasteiger partial charge in [0.1, 0.15) is 5.69 Å². The predicted octanol–water partition coefficient (Wildman–Crippen LogP) is 3.86. The van der Waals surface area contributed by atoms with Gasteiger partial charge in [-0.1, -0.05) is 42.5 Å². The van der Waals surface area contributed by atoms with Crippen LogP contribution in [-0.4, -0.2) is 45.7 Å². The molecule has 0 bridgehead atoms. The summed E-state index contributed by atoms with van der Waals surface area (Å²) in [4.78, 5) is 21.5. The van der Waals surface area contributed by atoms with Crippen LogP contribution in [0, 0.1) is 0 Å². The van der Waals surface area contributed by atoms with E-state index in [-0.39, 0.29) is 12.1 Å². The maximum absolute atomic E-state index is 13.1. The number of para-hydroxylation sites is 1. The van der Waals surface area contributed by atoms with E-state index >= 15 is 0 Å². The van der Waals surface area contributed by atoms with Gasteiger partial charge in [0, 0.05) is 32.0 Å². The summed E-state index contributed by atoms with van der Waals surface area (Å²) in [5.74, 6) is 0. The van der Waals surface area contributed by atoms with Gasteiger partial charge in [-0.2, -0.15) is 0 Å². The molecule has 2 amide bonds. The maximum atomic E-state index is 13.1. The standard InChI is InChI=1S/C20H22N6OS/c1-3-15-13-25(2)17-10-5-4-8-14(17)12-26(15)20(27)22-19-24-23-18(28-19)16-9-6-7-11-21-16/h4-11,15H,3,12-13H2,1-2H3,(H,22,24,27)/t15-/m0/s1. The van der Waals surface area contributed by atoms with Crippen molar-refractivity contribution in [1.82, 2.24) is 20.1 Å². The fraction of sp³-hybridized carbons (Fsp3) is 0.300.